The van der Waals surface area contributed by atoms with Crippen LogP contribution in [-0.4, -0.2) is 199 Å². The van der Waals surface area contributed by atoms with Crippen molar-refractivity contribution in [1.29, 1.82) is 0 Å². The lowest BCUT2D eigenvalue weighted by atomic mass is 9.80. The molecular weight excluding hydrogens is 680 g/mol. The molecule has 0 aromatic heterocycles. The first-order chi connectivity index (χ1) is 24.6. The molecule has 2 atom stereocenters. The van der Waals surface area contributed by atoms with Crippen molar-refractivity contribution in [3.63, 3.8) is 0 Å². The van der Waals surface area contributed by atoms with E-state index in [0.29, 0.717) is 13.1 Å². The molecule has 3 aliphatic heterocycles. The zero-order valence-electron chi connectivity index (χ0n) is 31.8. The highest BCUT2D eigenvalue weighted by Gasteiger charge is 2.26. The molecular formula is C36H60B2F6N8-2. The lowest BCUT2D eigenvalue weighted by Gasteiger charge is -2.34. The molecule has 0 N–H and O–H groups in total. The average Bonchev–Trinajstić information content (AvgIpc) is 3.09. The lowest BCUT2D eigenvalue weighted by molar-refractivity contribution is 0.127. The Morgan fingerprint density at radius 2 is 0.596 bits per heavy atom. The Bertz CT molecular complexity index is 1200. The minimum Gasteiger partial charge on any atom is -0.445 e. The molecule has 3 heterocycles. The molecule has 3 fully saturated rings. The van der Waals surface area contributed by atoms with E-state index in [2.05, 4.69) is 67.4 Å². The maximum Gasteiger partial charge on any atom is 0.509 e. The topological polar surface area (TPSA) is 25.9 Å². The summed E-state index contributed by atoms with van der Waals surface area (Å²) in [5.41, 5.74) is 0.655. The van der Waals surface area contributed by atoms with E-state index in [1.165, 1.54) is 24.3 Å². The van der Waals surface area contributed by atoms with Crippen molar-refractivity contribution >= 4 is 24.9 Å². The van der Waals surface area contributed by atoms with Crippen molar-refractivity contribution in [2.24, 2.45) is 0 Å². The number of fused-ring (bicyclic) bond motifs is 21. The van der Waals surface area contributed by atoms with Gasteiger partial charge in [-0.3, -0.25) is 19.6 Å². The van der Waals surface area contributed by atoms with Crippen LogP contribution in [0.3, 0.4) is 0 Å². The second-order valence-electron chi connectivity index (χ2n) is 15.1. The smallest absolute Gasteiger partial charge is 0.445 e. The first-order valence-corrected chi connectivity index (χ1v) is 18.8. The molecule has 3 saturated heterocycles. The molecule has 3 aliphatic rings. The van der Waals surface area contributed by atoms with E-state index in [4.69, 9.17) is 0 Å². The van der Waals surface area contributed by atoms with Gasteiger partial charge in [0.05, 0.1) is 0 Å². The lowest BCUT2D eigenvalue weighted by Crippen LogP contribution is -2.47. The van der Waals surface area contributed by atoms with Crippen molar-refractivity contribution in [1.82, 2.24) is 39.2 Å². The van der Waals surface area contributed by atoms with E-state index in [-0.39, 0.29) is 0 Å². The van der Waals surface area contributed by atoms with Gasteiger partial charge in [0.1, 0.15) is 0 Å². The SMILES string of the molecule is CN1CCN(C)CCN2CCN(C)CCN(Cc3ccc([B-](F)(F)F)cc3)CCN(CC1)CCN(C)CCN(Cc1ccc([B-](F)(F)F)cc1)CC2. The highest BCUT2D eigenvalue weighted by atomic mass is 19.4. The van der Waals surface area contributed by atoms with Crippen LogP contribution in [0.5, 0.6) is 0 Å². The van der Waals surface area contributed by atoms with E-state index in [0.717, 1.165) is 129 Å². The van der Waals surface area contributed by atoms with Gasteiger partial charge in [0.25, 0.3) is 0 Å². The second-order valence-corrected chi connectivity index (χ2v) is 15.1. The molecule has 0 amide bonds. The summed E-state index contributed by atoms with van der Waals surface area (Å²) < 4.78 is 79.9. The van der Waals surface area contributed by atoms with Crippen molar-refractivity contribution in [2.45, 2.75) is 13.1 Å². The predicted molar refractivity (Wildman–Crippen MR) is 204 cm³/mol. The number of hydrogen-bond acceptors (Lipinski definition) is 8. The Balaban J connectivity index is 1.53. The number of nitrogens with zero attached hydrogens (tertiary/aromatic N) is 8. The molecule has 52 heavy (non-hydrogen) atoms. The van der Waals surface area contributed by atoms with Gasteiger partial charge in [-0.05, 0) is 39.3 Å². The minimum atomic E-state index is -5.02. The van der Waals surface area contributed by atoms with E-state index >= 15 is 0 Å². The van der Waals surface area contributed by atoms with Gasteiger partial charge in [0, 0.05) is 131 Å². The molecule has 2 bridgehead atoms. The summed E-state index contributed by atoms with van der Waals surface area (Å²) in [6, 6.07) is 11.3. The minimum absolute atomic E-state index is 0.560. The Kier molecular flexibility index (Phi) is 16.8. The molecule has 0 saturated carbocycles. The van der Waals surface area contributed by atoms with Gasteiger partial charge in [-0.25, -0.2) is 0 Å². The van der Waals surface area contributed by atoms with Crippen LogP contribution in [0.25, 0.3) is 0 Å². The van der Waals surface area contributed by atoms with Crippen LogP contribution in [0, 0.1) is 0 Å². The number of hydrogen-bond donors (Lipinski definition) is 0. The molecule has 2 aromatic rings. The summed E-state index contributed by atoms with van der Waals surface area (Å²) in [4.78, 5) is 19.3. The predicted octanol–water partition coefficient (Wildman–Crippen LogP) is 2.46. The molecule has 5 rings (SSSR count). The molecule has 0 spiro atoms. The average molecular weight is 741 g/mol. The highest BCUT2D eigenvalue weighted by molar-refractivity contribution is 6.73. The fourth-order valence-electron chi connectivity index (χ4n) is 6.64. The first-order valence-electron chi connectivity index (χ1n) is 18.8. The number of halogens is 6. The summed E-state index contributed by atoms with van der Waals surface area (Å²) in [5.74, 6) is 0. The maximum absolute atomic E-state index is 13.3. The van der Waals surface area contributed by atoms with Gasteiger partial charge < -0.3 is 45.5 Å². The normalized spacial score (nSPS) is 24.2. The Labute approximate surface area is 308 Å². The van der Waals surface area contributed by atoms with Gasteiger partial charge in [0.2, 0.25) is 0 Å². The third kappa shape index (κ3) is 15.3. The third-order valence-electron chi connectivity index (χ3n) is 10.6. The summed E-state index contributed by atoms with van der Waals surface area (Å²) in [7, 11) is 8.63. The van der Waals surface area contributed by atoms with Crippen LogP contribution >= 0.6 is 0 Å². The summed E-state index contributed by atoms with van der Waals surface area (Å²) in [5, 5.41) is 0. The first kappa shape index (κ1) is 42.6. The van der Waals surface area contributed by atoms with Crippen molar-refractivity contribution < 1.29 is 25.9 Å². The van der Waals surface area contributed by atoms with Crippen molar-refractivity contribution in [3.8, 4) is 0 Å². The highest BCUT2D eigenvalue weighted by Crippen LogP contribution is 2.13. The molecule has 0 aliphatic carbocycles. The van der Waals surface area contributed by atoms with Crippen LogP contribution in [0.2, 0.25) is 0 Å². The van der Waals surface area contributed by atoms with E-state index in [9.17, 15) is 25.9 Å². The summed E-state index contributed by atoms with van der Waals surface area (Å²) >= 11 is 0. The Morgan fingerprint density at radius 1 is 0.365 bits per heavy atom. The number of likely N-dealkylation sites (N-methyl/N-ethyl adjacent to an activating group) is 4. The molecule has 2 aromatic carbocycles. The van der Waals surface area contributed by atoms with E-state index in [1.807, 2.05) is 0 Å². The largest absolute Gasteiger partial charge is 0.509 e. The quantitative estimate of drug-likeness (QED) is 0.330. The van der Waals surface area contributed by atoms with E-state index in [1.54, 1.807) is 24.3 Å². The fraction of sp³-hybridized carbons (Fsp3) is 0.667. The van der Waals surface area contributed by atoms with Crippen LogP contribution in [0.4, 0.5) is 25.9 Å². The van der Waals surface area contributed by atoms with Gasteiger partial charge >= 0.3 is 14.0 Å². The molecule has 0 radical (unpaired) electrons. The van der Waals surface area contributed by atoms with Gasteiger partial charge in [-0.15, -0.1) is 10.9 Å². The third-order valence-corrected chi connectivity index (χ3v) is 10.6. The molecule has 8 nitrogen and oxygen atoms in total. The van der Waals surface area contributed by atoms with Crippen LogP contribution in [-0.2, 0) is 13.1 Å². The second kappa shape index (κ2) is 20.5. The number of rotatable bonds is 6. The zero-order valence-corrected chi connectivity index (χ0v) is 31.8. The summed E-state index contributed by atoms with van der Waals surface area (Å²) in [6.45, 7) is 6.93. The van der Waals surface area contributed by atoms with Crippen LogP contribution in [0.15, 0.2) is 48.5 Å². The zero-order chi connectivity index (χ0) is 37.7. The number of benzene rings is 2. The molecule has 16 heteroatoms. The van der Waals surface area contributed by atoms with Crippen molar-refractivity contribution in [2.75, 3.05) is 146 Å². The van der Waals surface area contributed by atoms with Gasteiger partial charge in [-0.1, -0.05) is 48.5 Å². The monoisotopic (exact) mass is 741 g/mol. The van der Waals surface area contributed by atoms with Crippen molar-refractivity contribution in [3.05, 3.63) is 59.7 Å². The fourth-order valence-corrected chi connectivity index (χ4v) is 6.64. The summed E-state index contributed by atoms with van der Waals surface area (Å²) in [6.07, 6.45) is 0. The van der Waals surface area contributed by atoms with Gasteiger partial charge in [0.15, 0.2) is 0 Å². The van der Waals surface area contributed by atoms with Crippen LogP contribution in [0.1, 0.15) is 11.1 Å². The Morgan fingerprint density at radius 3 is 0.885 bits per heavy atom. The standard InChI is InChI=1S/C36H60B2F6N8/c1-45-13-14-46(2)16-22-50-24-18-48(4)20-25-51(31-33-5-9-35(10-6-33)37(39,40)41)29-27-49(21-15-45)23-17-47(3)19-26-52(30-28-50)32-34-7-11-36(12-8-34)38(42,43)44/h5-12H,13-32H2,1-4H3/q-2. The van der Waals surface area contributed by atoms with E-state index < -0.39 is 24.9 Å². The molecule has 2 unspecified atom stereocenters. The van der Waals surface area contributed by atoms with Crippen LogP contribution < -0.4 is 10.9 Å². The molecule has 294 valence electrons. The maximum atomic E-state index is 13.3. The Hall–Kier alpha value is -2.17. The van der Waals surface area contributed by atoms with Gasteiger partial charge in [-0.2, -0.15) is 0 Å².